The average Bonchev–Trinajstić information content (AvgIpc) is 2.68. The van der Waals surface area contributed by atoms with Crippen molar-refractivity contribution in [2.45, 2.75) is 37.8 Å². The molecule has 146 valence electrons. The lowest BCUT2D eigenvalue weighted by molar-refractivity contribution is -0.137. The lowest BCUT2D eigenvalue weighted by Crippen LogP contribution is -2.33. The maximum Gasteiger partial charge on any atom is 0.416 e. The zero-order valence-electron chi connectivity index (χ0n) is 15.4. The van der Waals surface area contributed by atoms with Gasteiger partial charge in [-0.3, -0.25) is 0 Å². The summed E-state index contributed by atoms with van der Waals surface area (Å²) in [5, 5.41) is 0. The highest BCUT2D eigenvalue weighted by molar-refractivity contribution is 5.30. The molecule has 27 heavy (non-hydrogen) atoms. The number of benzene rings is 2. The molecule has 0 aliphatic carbocycles. The fraction of sp³-hybridized carbons (Fsp3) is 0.455. The van der Waals surface area contributed by atoms with Crippen molar-refractivity contribution in [2.24, 2.45) is 0 Å². The summed E-state index contributed by atoms with van der Waals surface area (Å²) in [5.74, 6) is 0.945. The molecular weight excluding hydrogens is 351 g/mol. The Bertz CT molecular complexity index is 694. The number of likely N-dealkylation sites (tertiary alicyclic amines) is 1. The Morgan fingerprint density at radius 3 is 2.37 bits per heavy atom. The second-order valence-corrected chi connectivity index (χ2v) is 7.11. The van der Waals surface area contributed by atoms with Crippen molar-refractivity contribution in [3.63, 3.8) is 0 Å². The normalized spacial score (nSPS) is 16.4. The molecule has 2 aromatic rings. The van der Waals surface area contributed by atoms with Crippen molar-refractivity contribution in [2.75, 3.05) is 26.2 Å². The fourth-order valence-electron chi connectivity index (χ4n) is 3.60. The molecule has 1 aliphatic heterocycles. The monoisotopic (exact) mass is 377 g/mol. The van der Waals surface area contributed by atoms with E-state index in [0.29, 0.717) is 12.5 Å². The number of piperidine rings is 1. The van der Waals surface area contributed by atoms with Crippen LogP contribution in [0.3, 0.4) is 0 Å². The first kappa shape index (κ1) is 19.7. The summed E-state index contributed by atoms with van der Waals surface area (Å²) in [6.07, 6.45) is -0.120. The van der Waals surface area contributed by atoms with Gasteiger partial charge in [-0.25, -0.2) is 0 Å². The maximum atomic E-state index is 12.7. The Morgan fingerprint density at radius 1 is 0.926 bits per heavy atom. The maximum absolute atomic E-state index is 12.7. The van der Waals surface area contributed by atoms with Crippen LogP contribution in [-0.4, -0.2) is 31.1 Å². The van der Waals surface area contributed by atoms with Gasteiger partial charge >= 0.3 is 6.18 Å². The summed E-state index contributed by atoms with van der Waals surface area (Å²) >= 11 is 0. The molecule has 0 atom stereocenters. The Labute approximate surface area is 159 Å². The number of hydrogen-bond acceptors (Lipinski definition) is 2. The van der Waals surface area contributed by atoms with Crippen molar-refractivity contribution in [3.05, 3.63) is 65.7 Å². The van der Waals surface area contributed by atoms with Crippen molar-refractivity contribution in [3.8, 4) is 5.75 Å². The highest BCUT2D eigenvalue weighted by Crippen LogP contribution is 2.31. The van der Waals surface area contributed by atoms with Crippen LogP contribution in [0.5, 0.6) is 5.75 Å². The van der Waals surface area contributed by atoms with Gasteiger partial charge in [0, 0.05) is 0 Å². The summed E-state index contributed by atoms with van der Waals surface area (Å²) in [7, 11) is 0. The van der Waals surface area contributed by atoms with E-state index in [0.717, 1.165) is 44.6 Å². The lowest BCUT2D eigenvalue weighted by atomic mass is 9.89. The molecule has 0 N–H and O–H groups in total. The second kappa shape index (κ2) is 9.27. The zero-order valence-corrected chi connectivity index (χ0v) is 15.4. The van der Waals surface area contributed by atoms with Gasteiger partial charge in [0.15, 0.2) is 0 Å². The third-order valence-corrected chi connectivity index (χ3v) is 5.16. The number of unbranched alkanes of at least 4 members (excludes halogenated alkanes) is 1. The van der Waals surface area contributed by atoms with E-state index in [1.165, 1.54) is 24.5 Å². The first-order valence-corrected chi connectivity index (χ1v) is 9.60. The predicted octanol–water partition coefficient (Wildman–Crippen LogP) is 5.74. The van der Waals surface area contributed by atoms with Gasteiger partial charge < -0.3 is 9.64 Å². The highest BCUT2D eigenvalue weighted by Gasteiger charge is 2.30. The summed E-state index contributed by atoms with van der Waals surface area (Å²) in [6, 6.07) is 15.8. The Hall–Kier alpha value is -2.01. The number of alkyl halides is 3. The van der Waals surface area contributed by atoms with Crippen LogP contribution < -0.4 is 4.74 Å². The number of halogens is 3. The van der Waals surface area contributed by atoms with Crippen LogP contribution in [0.25, 0.3) is 0 Å². The van der Waals surface area contributed by atoms with E-state index in [2.05, 4.69) is 35.2 Å². The molecule has 0 amide bonds. The lowest BCUT2D eigenvalue weighted by Gasteiger charge is -2.32. The summed E-state index contributed by atoms with van der Waals surface area (Å²) < 4.78 is 43.6. The molecule has 1 saturated heterocycles. The molecule has 2 nitrogen and oxygen atoms in total. The van der Waals surface area contributed by atoms with Crippen LogP contribution in [0.4, 0.5) is 13.2 Å². The molecule has 0 saturated carbocycles. The van der Waals surface area contributed by atoms with Gasteiger partial charge in [0.2, 0.25) is 0 Å². The van der Waals surface area contributed by atoms with Gasteiger partial charge in [-0.2, -0.15) is 13.2 Å². The van der Waals surface area contributed by atoms with Gasteiger partial charge in [0.1, 0.15) is 5.75 Å². The summed E-state index contributed by atoms with van der Waals surface area (Å²) in [5.41, 5.74) is 0.771. The van der Waals surface area contributed by atoms with Gasteiger partial charge in [-0.15, -0.1) is 0 Å². The van der Waals surface area contributed by atoms with Gasteiger partial charge in [-0.1, -0.05) is 36.4 Å². The van der Waals surface area contributed by atoms with Crippen molar-refractivity contribution in [1.29, 1.82) is 0 Å². The number of rotatable bonds is 7. The van der Waals surface area contributed by atoms with E-state index in [-0.39, 0.29) is 5.75 Å². The van der Waals surface area contributed by atoms with Crippen molar-refractivity contribution in [1.82, 2.24) is 4.90 Å². The van der Waals surface area contributed by atoms with E-state index in [1.807, 2.05) is 0 Å². The molecule has 0 radical (unpaired) electrons. The van der Waals surface area contributed by atoms with E-state index in [4.69, 9.17) is 4.74 Å². The molecule has 0 spiro atoms. The van der Waals surface area contributed by atoms with Crippen LogP contribution in [0.15, 0.2) is 54.6 Å². The molecule has 5 heteroatoms. The third kappa shape index (κ3) is 5.99. The minimum atomic E-state index is -4.33. The number of nitrogens with zero attached hydrogens (tertiary/aromatic N) is 1. The van der Waals surface area contributed by atoms with Crippen LogP contribution >= 0.6 is 0 Å². The minimum absolute atomic E-state index is 0.286. The van der Waals surface area contributed by atoms with Crippen molar-refractivity contribution >= 4 is 0 Å². The molecule has 0 bridgehead atoms. The van der Waals surface area contributed by atoms with Crippen LogP contribution in [0.2, 0.25) is 0 Å². The Kier molecular flexibility index (Phi) is 6.78. The zero-order chi connectivity index (χ0) is 19.1. The van der Waals surface area contributed by atoms with E-state index >= 15 is 0 Å². The quantitative estimate of drug-likeness (QED) is 0.570. The topological polar surface area (TPSA) is 12.5 Å². The van der Waals surface area contributed by atoms with Crippen LogP contribution in [-0.2, 0) is 6.18 Å². The Morgan fingerprint density at radius 2 is 1.67 bits per heavy atom. The van der Waals surface area contributed by atoms with Crippen LogP contribution in [0.1, 0.15) is 42.7 Å². The van der Waals surface area contributed by atoms with E-state index in [1.54, 1.807) is 6.07 Å². The van der Waals surface area contributed by atoms with Crippen molar-refractivity contribution < 1.29 is 17.9 Å². The first-order chi connectivity index (χ1) is 13.0. The predicted molar refractivity (Wildman–Crippen MR) is 101 cm³/mol. The largest absolute Gasteiger partial charge is 0.494 e. The molecule has 1 heterocycles. The standard InChI is InChI=1S/C22H26F3NO/c23-22(24,25)20-9-6-10-21(17-20)27-16-5-4-13-26-14-11-19(12-15-26)18-7-2-1-3-8-18/h1-3,6-10,17,19H,4-5,11-16H2. The molecule has 3 rings (SSSR count). The molecule has 1 aliphatic rings. The average molecular weight is 377 g/mol. The highest BCUT2D eigenvalue weighted by atomic mass is 19.4. The number of hydrogen-bond donors (Lipinski definition) is 0. The first-order valence-electron chi connectivity index (χ1n) is 9.60. The summed E-state index contributed by atoms with van der Waals surface area (Å²) in [4.78, 5) is 2.48. The Balaban J connectivity index is 1.32. The third-order valence-electron chi connectivity index (χ3n) is 5.16. The van der Waals surface area contributed by atoms with E-state index in [9.17, 15) is 13.2 Å². The van der Waals surface area contributed by atoms with Gasteiger partial charge in [-0.05, 0) is 75.0 Å². The van der Waals surface area contributed by atoms with E-state index < -0.39 is 11.7 Å². The van der Waals surface area contributed by atoms with Gasteiger partial charge in [0.25, 0.3) is 0 Å². The molecule has 0 aromatic heterocycles. The molecule has 0 unspecified atom stereocenters. The number of ether oxygens (including phenoxy) is 1. The minimum Gasteiger partial charge on any atom is -0.494 e. The smallest absolute Gasteiger partial charge is 0.416 e. The fourth-order valence-corrected chi connectivity index (χ4v) is 3.60. The van der Waals surface area contributed by atoms with Gasteiger partial charge in [0.05, 0.1) is 12.2 Å². The molecule has 1 fully saturated rings. The summed E-state index contributed by atoms with van der Waals surface area (Å²) in [6.45, 7) is 3.68. The van der Waals surface area contributed by atoms with Crippen LogP contribution in [0, 0.1) is 0 Å². The SMILES string of the molecule is FC(F)(F)c1cccc(OCCCCN2CCC(c3ccccc3)CC2)c1. The second-order valence-electron chi connectivity index (χ2n) is 7.11. The molecular formula is C22H26F3NO. The molecule has 2 aromatic carbocycles.